The molecule has 0 fully saturated rings. The highest BCUT2D eigenvalue weighted by molar-refractivity contribution is 5.41. The molecule has 0 aromatic heterocycles. The van der Waals surface area contributed by atoms with Gasteiger partial charge in [-0.1, -0.05) is 6.07 Å². The molecule has 0 bridgehead atoms. The molecule has 0 N–H and O–H groups in total. The quantitative estimate of drug-likeness (QED) is 0.474. The number of nitrogens with zero attached hydrogens (tertiary/aromatic N) is 1. The van der Waals surface area contributed by atoms with Gasteiger partial charge in [0, 0.05) is 18.6 Å². The molecule has 3 nitrogen and oxygen atoms in total. The van der Waals surface area contributed by atoms with Crippen LogP contribution in [-0.4, -0.2) is 11.3 Å². The summed E-state index contributed by atoms with van der Waals surface area (Å²) in [6.45, 7) is 0. The summed E-state index contributed by atoms with van der Waals surface area (Å²) in [5, 5.41) is 10.4. The Kier molecular flexibility index (Phi) is 4.20. The Bertz CT molecular complexity index is 444. The number of benzene rings is 1. The van der Waals surface area contributed by atoms with Gasteiger partial charge in [0.2, 0.25) is 6.43 Å². The number of hydrogen-bond acceptors (Lipinski definition) is 2. The van der Waals surface area contributed by atoms with Crippen molar-refractivity contribution < 1.29 is 26.9 Å². The van der Waals surface area contributed by atoms with Crippen LogP contribution in [0.4, 0.5) is 27.6 Å². The Morgan fingerprint density at radius 3 is 2.33 bits per heavy atom. The molecule has 0 unspecified atom stereocenters. The minimum absolute atomic E-state index is 0.362. The maximum absolute atomic E-state index is 12.6. The van der Waals surface area contributed by atoms with Crippen LogP contribution in [0.2, 0.25) is 0 Å². The normalized spacial score (nSPS) is 11.9. The van der Waals surface area contributed by atoms with Crippen LogP contribution in [0.3, 0.4) is 0 Å². The first kappa shape index (κ1) is 14.3. The van der Waals surface area contributed by atoms with Crippen LogP contribution in [0.25, 0.3) is 0 Å². The van der Waals surface area contributed by atoms with Gasteiger partial charge in [0.15, 0.2) is 0 Å². The minimum atomic E-state index is -4.80. The number of halogens is 5. The molecule has 0 radical (unpaired) electrons. The fourth-order valence-corrected chi connectivity index (χ4v) is 1.42. The third-order valence-corrected chi connectivity index (χ3v) is 2.24. The second kappa shape index (κ2) is 5.28. The predicted molar refractivity (Wildman–Crippen MR) is 52.4 cm³/mol. The van der Waals surface area contributed by atoms with Crippen LogP contribution in [0.5, 0.6) is 0 Å². The monoisotopic (exact) mass is 269 g/mol. The molecule has 100 valence electrons. The van der Waals surface area contributed by atoms with Gasteiger partial charge in [-0.3, -0.25) is 10.1 Å². The van der Waals surface area contributed by atoms with Gasteiger partial charge in [-0.15, -0.1) is 0 Å². The number of nitro benzene ring substituents is 1. The van der Waals surface area contributed by atoms with Crippen molar-refractivity contribution in [1.29, 1.82) is 0 Å². The van der Waals surface area contributed by atoms with Gasteiger partial charge in [-0.05, 0) is 12.0 Å². The third-order valence-electron chi connectivity index (χ3n) is 2.24. The van der Waals surface area contributed by atoms with Crippen molar-refractivity contribution in [1.82, 2.24) is 0 Å². The molecule has 0 saturated heterocycles. The number of non-ortho nitro benzene ring substituents is 1. The lowest BCUT2D eigenvalue weighted by molar-refractivity contribution is -0.385. The fraction of sp³-hybridized carbons (Fsp3) is 0.400. The van der Waals surface area contributed by atoms with E-state index >= 15 is 0 Å². The lowest BCUT2D eigenvalue weighted by Crippen LogP contribution is -2.10. The lowest BCUT2D eigenvalue weighted by atomic mass is 10.0. The fourth-order valence-electron chi connectivity index (χ4n) is 1.42. The van der Waals surface area contributed by atoms with E-state index in [2.05, 4.69) is 0 Å². The van der Waals surface area contributed by atoms with Crippen LogP contribution < -0.4 is 0 Å². The molecule has 0 saturated carbocycles. The number of rotatable bonds is 4. The molecular formula is C10H8F5NO2. The van der Waals surface area contributed by atoms with Gasteiger partial charge < -0.3 is 0 Å². The van der Waals surface area contributed by atoms with E-state index < -0.39 is 41.6 Å². The van der Waals surface area contributed by atoms with Crippen molar-refractivity contribution in [3.8, 4) is 0 Å². The van der Waals surface area contributed by atoms with Crippen molar-refractivity contribution in [2.24, 2.45) is 0 Å². The standard InChI is InChI=1S/C10H8F5NO2/c11-9(12)4-2-6-1-3-7(16(17)18)5-8(6)10(13,14)15/h1,3,5,9H,2,4H2. The van der Waals surface area contributed by atoms with E-state index in [9.17, 15) is 32.1 Å². The zero-order chi connectivity index (χ0) is 13.9. The molecule has 0 aliphatic carbocycles. The summed E-state index contributed by atoms with van der Waals surface area (Å²) in [5.74, 6) is 0. The van der Waals surface area contributed by atoms with E-state index in [-0.39, 0.29) is 5.56 Å². The molecule has 0 aliphatic rings. The Morgan fingerprint density at radius 1 is 1.28 bits per heavy atom. The number of aryl methyl sites for hydroxylation is 1. The predicted octanol–water partition coefficient (Wildman–Crippen LogP) is 3.81. The largest absolute Gasteiger partial charge is 0.416 e. The van der Waals surface area contributed by atoms with Crippen LogP contribution in [0, 0.1) is 10.1 Å². The van der Waals surface area contributed by atoms with E-state index in [4.69, 9.17) is 0 Å². The van der Waals surface area contributed by atoms with Crippen LogP contribution >= 0.6 is 0 Å². The molecule has 0 aliphatic heterocycles. The SMILES string of the molecule is O=[N+]([O-])c1ccc(CCC(F)F)c(C(F)(F)F)c1. The van der Waals surface area contributed by atoms with Gasteiger partial charge in [0.25, 0.3) is 5.69 Å². The molecular weight excluding hydrogens is 261 g/mol. The molecule has 18 heavy (non-hydrogen) atoms. The molecule has 1 aromatic carbocycles. The summed E-state index contributed by atoms with van der Waals surface area (Å²) in [5.41, 5.74) is -2.33. The second-order valence-electron chi connectivity index (χ2n) is 3.53. The van der Waals surface area contributed by atoms with Crippen molar-refractivity contribution in [3.63, 3.8) is 0 Å². The summed E-state index contributed by atoms with van der Waals surface area (Å²) in [4.78, 5) is 9.41. The van der Waals surface area contributed by atoms with Crippen LogP contribution in [0.15, 0.2) is 18.2 Å². The molecule has 1 rings (SSSR count). The molecule has 0 spiro atoms. The van der Waals surface area contributed by atoms with Crippen molar-refractivity contribution in [3.05, 3.63) is 39.4 Å². The number of nitro groups is 1. The summed E-state index contributed by atoms with van der Waals surface area (Å²) in [6.07, 6.45) is -8.73. The van der Waals surface area contributed by atoms with Crippen molar-refractivity contribution in [2.75, 3.05) is 0 Å². The summed E-state index contributed by atoms with van der Waals surface area (Å²) < 4.78 is 61.8. The summed E-state index contributed by atoms with van der Waals surface area (Å²) in [6, 6.07) is 2.10. The van der Waals surface area contributed by atoms with E-state index in [1.807, 2.05) is 0 Å². The van der Waals surface area contributed by atoms with Crippen molar-refractivity contribution in [2.45, 2.75) is 25.4 Å². The van der Waals surface area contributed by atoms with Gasteiger partial charge in [-0.25, -0.2) is 8.78 Å². The molecule has 0 heterocycles. The Labute approximate surface area is 98.4 Å². The zero-order valence-corrected chi connectivity index (χ0v) is 8.88. The summed E-state index contributed by atoms with van der Waals surface area (Å²) >= 11 is 0. The first-order valence-electron chi connectivity index (χ1n) is 4.84. The second-order valence-corrected chi connectivity index (χ2v) is 3.53. The molecule has 0 amide bonds. The van der Waals surface area contributed by atoms with E-state index in [1.165, 1.54) is 0 Å². The highest BCUT2D eigenvalue weighted by atomic mass is 19.4. The smallest absolute Gasteiger partial charge is 0.258 e. The van der Waals surface area contributed by atoms with Gasteiger partial charge in [-0.2, -0.15) is 13.2 Å². The Balaban J connectivity index is 3.13. The van der Waals surface area contributed by atoms with Gasteiger partial charge in [0.05, 0.1) is 10.5 Å². The van der Waals surface area contributed by atoms with Crippen molar-refractivity contribution >= 4 is 5.69 Å². The number of hydrogen-bond donors (Lipinski definition) is 0. The zero-order valence-electron chi connectivity index (χ0n) is 8.88. The van der Waals surface area contributed by atoms with Gasteiger partial charge in [0.1, 0.15) is 0 Å². The van der Waals surface area contributed by atoms with E-state index in [0.29, 0.717) is 6.07 Å². The van der Waals surface area contributed by atoms with Gasteiger partial charge >= 0.3 is 6.18 Å². The molecule has 8 heteroatoms. The third kappa shape index (κ3) is 3.64. The Morgan fingerprint density at radius 2 is 1.89 bits per heavy atom. The Hall–Kier alpha value is -1.73. The van der Waals surface area contributed by atoms with Crippen LogP contribution in [-0.2, 0) is 12.6 Å². The topological polar surface area (TPSA) is 43.1 Å². The van der Waals surface area contributed by atoms with E-state index in [0.717, 1.165) is 12.1 Å². The first-order chi connectivity index (χ1) is 8.21. The van der Waals surface area contributed by atoms with E-state index in [1.54, 1.807) is 0 Å². The maximum atomic E-state index is 12.6. The lowest BCUT2D eigenvalue weighted by Gasteiger charge is -2.12. The average Bonchev–Trinajstić information content (AvgIpc) is 2.24. The first-order valence-corrected chi connectivity index (χ1v) is 4.84. The molecule has 0 atom stereocenters. The average molecular weight is 269 g/mol. The summed E-state index contributed by atoms with van der Waals surface area (Å²) in [7, 11) is 0. The highest BCUT2D eigenvalue weighted by Crippen LogP contribution is 2.35. The number of alkyl halides is 5. The van der Waals surface area contributed by atoms with Crippen LogP contribution in [0.1, 0.15) is 17.5 Å². The molecule has 1 aromatic rings. The highest BCUT2D eigenvalue weighted by Gasteiger charge is 2.34. The minimum Gasteiger partial charge on any atom is -0.258 e. The maximum Gasteiger partial charge on any atom is 0.416 e.